The maximum Gasteiger partial charge on any atom is 0.315 e. The van der Waals surface area contributed by atoms with Crippen molar-refractivity contribution in [2.45, 2.75) is 44.7 Å². The molecule has 0 heterocycles. The van der Waals surface area contributed by atoms with Crippen LogP contribution in [-0.2, 0) is 4.79 Å². The van der Waals surface area contributed by atoms with E-state index in [-0.39, 0.29) is 29.8 Å². The number of hydrogen-bond acceptors (Lipinski definition) is 3. The van der Waals surface area contributed by atoms with Crippen LogP contribution < -0.4 is 15.4 Å². The molecule has 1 saturated carbocycles. The Labute approximate surface area is 140 Å². The van der Waals surface area contributed by atoms with E-state index in [4.69, 9.17) is 9.84 Å². The Bertz CT molecular complexity index is 600. The molecule has 1 aliphatic rings. The largest absolute Gasteiger partial charge is 0.494 e. The molecule has 0 aliphatic heterocycles. The highest BCUT2D eigenvalue weighted by molar-refractivity contribution is 5.75. The first-order valence-corrected chi connectivity index (χ1v) is 8.04. The van der Waals surface area contributed by atoms with Gasteiger partial charge in [0.1, 0.15) is 0 Å². The number of carbonyl (C=O) groups excluding carboxylic acids is 1. The van der Waals surface area contributed by atoms with E-state index >= 15 is 0 Å². The number of nitrogens with one attached hydrogen (secondary N) is 2. The Kier molecular flexibility index (Phi) is 6.00. The highest BCUT2D eigenvalue weighted by Gasteiger charge is 2.26. The summed E-state index contributed by atoms with van der Waals surface area (Å²) < 4.78 is 18.6. The lowest BCUT2D eigenvalue weighted by atomic mass is 9.86. The third kappa shape index (κ3) is 4.59. The molecular formula is C17H23FN2O4. The molecule has 1 fully saturated rings. The quantitative estimate of drug-likeness (QED) is 0.770. The van der Waals surface area contributed by atoms with E-state index in [0.717, 1.165) is 0 Å². The predicted octanol–water partition coefficient (Wildman–Crippen LogP) is 2.84. The molecule has 0 aromatic heterocycles. The van der Waals surface area contributed by atoms with Crippen LogP contribution in [0.2, 0.25) is 0 Å². The lowest BCUT2D eigenvalue weighted by Gasteiger charge is -2.27. The van der Waals surface area contributed by atoms with Crippen LogP contribution in [0.25, 0.3) is 0 Å². The normalized spacial score (nSPS) is 21.6. The minimum absolute atomic E-state index is 0.0274. The van der Waals surface area contributed by atoms with Gasteiger partial charge in [-0.05, 0) is 50.3 Å². The summed E-state index contributed by atoms with van der Waals surface area (Å²) in [5.74, 6) is -1.40. The zero-order valence-electron chi connectivity index (χ0n) is 13.8. The van der Waals surface area contributed by atoms with E-state index in [1.54, 1.807) is 13.0 Å². The first kappa shape index (κ1) is 18.0. The third-order valence-corrected chi connectivity index (χ3v) is 4.44. The number of halogens is 1. The highest BCUT2D eigenvalue weighted by atomic mass is 19.1. The number of amides is 2. The minimum atomic E-state index is -0.770. The lowest BCUT2D eigenvalue weighted by Crippen LogP contribution is -2.44. The summed E-state index contributed by atoms with van der Waals surface area (Å²) in [6.07, 6.45) is 2.44. The van der Waals surface area contributed by atoms with Gasteiger partial charge in [0.2, 0.25) is 0 Å². The van der Waals surface area contributed by atoms with Crippen LogP contribution in [0.3, 0.4) is 0 Å². The third-order valence-electron chi connectivity index (χ3n) is 4.44. The van der Waals surface area contributed by atoms with E-state index in [9.17, 15) is 14.0 Å². The van der Waals surface area contributed by atoms with Crippen LogP contribution in [0, 0.1) is 11.7 Å². The zero-order chi connectivity index (χ0) is 17.7. The zero-order valence-corrected chi connectivity index (χ0v) is 13.8. The summed E-state index contributed by atoms with van der Waals surface area (Å²) in [7, 11) is 1.40. The van der Waals surface area contributed by atoms with Crippen LogP contribution in [-0.4, -0.2) is 30.3 Å². The van der Waals surface area contributed by atoms with Gasteiger partial charge in [-0.15, -0.1) is 0 Å². The van der Waals surface area contributed by atoms with Gasteiger partial charge in [-0.25, -0.2) is 9.18 Å². The highest BCUT2D eigenvalue weighted by Crippen LogP contribution is 2.25. The van der Waals surface area contributed by atoms with E-state index in [1.807, 2.05) is 0 Å². The Balaban J connectivity index is 1.84. The molecule has 1 unspecified atom stereocenters. The van der Waals surface area contributed by atoms with Crippen molar-refractivity contribution in [1.82, 2.24) is 10.6 Å². The average Bonchev–Trinajstić information content (AvgIpc) is 2.55. The summed E-state index contributed by atoms with van der Waals surface area (Å²) in [5.41, 5.74) is 0.637. The van der Waals surface area contributed by atoms with Crippen molar-refractivity contribution < 1.29 is 23.8 Å². The average molecular weight is 338 g/mol. The van der Waals surface area contributed by atoms with Gasteiger partial charge in [0.15, 0.2) is 11.6 Å². The number of carbonyl (C=O) groups is 2. The topological polar surface area (TPSA) is 87.7 Å². The molecule has 6 nitrogen and oxygen atoms in total. The number of hydrogen-bond donors (Lipinski definition) is 3. The molecule has 0 saturated heterocycles. The summed E-state index contributed by atoms with van der Waals surface area (Å²) in [5, 5.41) is 14.6. The van der Waals surface area contributed by atoms with Gasteiger partial charge in [-0.1, -0.05) is 6.07 Å². The molecule has 1 aromatic rings. The van der Waals surface area contributed by atoms with E-state index in [2.05, 4.69) is 10.6 Å². The molecule has 2 amide bonds. The molecule has 132 valence electrons. The molecule has 1 atom stereocenters. The second-order valence-corrected chi connectivity index (χ2v) is 6.12. The number of carboxylic acid groups (broad SMARTS) is 1. The van der Waals surface area contributed by atoms with Crippen molar-refractivity contribution in [1.29, 1.82) is 0 Å². The van der Waals surface area contributed by atoms with Gasteiger partial charge in [0.25, 0.3) is 0 Å². The minimum Gasteiger partial charge on any atom is -0.494 e. The second-order valence-electron chi connectivity index (χ2n) is 6.12. The molecule has 2 rings (SSSR count). The Morgan fingerprint density at radius 1 is 1.29 bits per heavy atom. The molecule has 0 spiro atoms. The first-order chi connectivity index (χ1) is 11.4. The smallest absolute Gasteiger partial charge is 0.315 e. The summed E-state index contributed by atoms with van der Waals surface area (Å²) in [4.78, 5) is 23.0. The molecule has 0 radical (unpaired) electrons. The molecule has 1 aliphatic carbocycles. The van der Waals surface area contributed by atoms with Crippen molar-refractivity contribution in [2.24, 2.45) is 5.92 Å². The standard InChI is InChI=1S/C17H23FN2O4/c1-10(12-5-8-15(24-2)14(18)9-12)19-17(23)20-13-6-3-11(4-7-13)16(21)22/h5,8-11,13H,3-4,6-7H2,1-2H3,(H,21,22)(H2,19,20,23). The first-order valence-electron chi connectivity index (χ1n) is 8.04. The molecule has 3 N–H and O–H groups in total. The number of methoxy groups -OCH3 is 1. The van der Waals surface area contributed by atoms with Crippen LogP contribution in [0.4, 0.5) is 9.18 Å². The van der Waals surface area contributed by atoms with Crippen LogP contribution in [0.15, 0.2) is 18.2 Å². The maximum atomic E-state index is 13.7. The van der Waals surface area contributed by atoms with Crippen LogP contribution >= 0.6 is 0 Å². The molecule has 24 heavy (non-hydrogen) atoms. The van der Waals surface area contributed by atoms with Gasteiger partial charge in [-0.2, -0.15) is 0 Å². The number of benzene rings is 1. The number of aliphatic carboxylic acids is 1. The van der Waals surface area contributed by atoms with Crippen molar-refractivity contribution in [3.8, 4) is 5.75 Å². The number of ether oxygens (including phenoxy) is 1. The maximum absolute atomic E-state index is 13.7. The Morgan fingerprint density at radius 3 is 2.50 bits per heavy atom. The van der Waals surface area contributed by atoms with Crippen LogP contribution in [0.1, 0.15) is 44.2 Å². The van der Waals surface area contributed by atoms with Crippen molar-refractivity contribution in [3.63, 3.8) is 0 Å². The van der Waals surface area contributed by atoms with Gasteiger partial charge in [-0.3, -0.25) is 4.79 Å². The molecule has 1 aromatic carbocycles. The monoisotopic (exact) mass is 338 g/mol. The molecular weight excluding hydrogens is 315 g/mol. The van der Waals surface area contributed by atoms with Gasteiger partial charge >= 0.3 is 12.0 Å². The van der Waals surface area contributed by atoms with Gasteiger partial charge in [0.05, 0.1) is 19.1 Å². The number of urea groups is 1. The van der Waals surface area contributed by atoms with Gasteiger partial charge < -0.3 is 20.5 Å². The van der Waals surface area contributed by atoms with Crippen molar-refractivity contribution in [2.75, 3.05) is 7.11 Å². The lowest BCUT2D eigenvalue weighted by molar-refractivity contribution is -0.142. The Morgan fingerprint density at radius 2 is 1.96 bits per heavy atom. The van der Waals surface area contributed by atoms with Crippen molar-refractivity contribution >= 4 is 12.0 Å². The van der Waals surface area contributed by atoms with Gasteiger partial charge in [0, 0.05) is 6.04 Å². The Hall–Kier alpha value is -2.31. The van der Waals surface area contributed by atoms with E-state index < -0.39 is 11.8 Å². The van der Waals surface area contributed by atoms with Crippen LogP contribution in [0.5, 0.6) is 5.75 Å². The fourth-order valence-corrected chi connectivity index (χ4v) is 2.94. The SMILES string of the molecule is COc1ccc(C(C)NC(=O)NC2CCC(C(=O)O)CC2)cc1F. The van der Waals surface area contributed by atoms with E-state index in [1.165, 1.54) is 19.2 Å². The predicted molar refractivity (Wildman–Crippen MR) is 86.4 cm³/mol. The number of carboxylic acids is 1. The van der Waals surface area contributed by atoms with E-state index in [0.29, 0.717) is 31.2 Å². The summed E-state index contributed by atoms with van der Waals surface area (Å²) in [6.45, 7) is 1.77. The number of rotatable bonds is 5. The fraction of sp³-hybridized carbons (Fsp3) is 0.529. The van der Waals surface area contributed by atoms with Crippen molar-refractivity contribution in [3.05, 3.63) is 29.6 Å². The second kappa shape index (κ2) is 7.99. The summed E-state index contributed by atoms with van der Waals surface area (Å²) >= 11 is 0. The fourth-order valence-electron chi connectivity index (χ4n) is 2.94. The molecule has 0 bridgehead atoms. The molecule has 7 heteroatoms. The summed E-state index contributed by atoms with van der Waals surface area (Å²) in [6, 6.07) is 3.83.